The van der Waals surface area contributed by atoms with E-state index in [0.29, 0.717) is 41.9 Å². The number of aromatic nitrogens is 2. The molecule has 0 saturated carbocycles. The number of pyridine rings is 2. The molecular weight excluding hydrogens is 778 g/mol. The number of carbonyl (C=O) groups excluding carboxylic acids is 2. The second-order valence-corrected chi connectivity index (χ2v) is 13.5. The largest absolute Gasteiger partial charge is 0.485 e. The molecule has 3 heterocycles. The van der Waals surface area contributed by atoms with Gasteiger partial charge < -0.3 is 28.7 Å². The molecule has 1 amide bonds. The van der Waals surface area contributed by atoms with E-state index in [1.54, 1.807) is 36.6 Å². The van der Waals surface area contributed by atoms with Crippen LogP contribution in [0.5, 0.6) is 11.5 Å². The zero-order valence-electron chi connectivity index (χ0n) is 31.5. The summed E-state index contributed by atoms with van der Waals surface area (Å²) >= 11 is 2.89. The van der Waals surface area contributed by atoms with Crippen LogP contribution in [0.1, 0.15) is 50.8 Å². The zero-order chi connectivity index (χ0) is 40.6. The van der Waals surface area contributed by atoms with E-state index >= 15 is 0 Å². The third-order valence-corrected chi connectivity index (χ3v) is 9.50. The summed E-state index contributed by atoms with van der Waals surface area (Å²) in [6.45, 7) is 8.12. The Morgan fingerprint density at radius 3 is 1.91 bits per heavy atom. The first-order valence-electron chi connectivity index (χ1n) is 17.4. The maximum atomic E-state index is 13.2. The first-order valence-corrected chi connectivity index (χ1v) is 19.8. The molecule has 6 rings (SSSR count). The topological polar surface area (TPSA) is 122 Å². The van der Waals surface area contributed by atoms with Gasteiger partial charge in [-0.2, -0.15) is 0 Å². The third kappa shape index (κ3) is 12.1. The number of nitrogens with one attached hydrogen (secondary N) is 1. The van der Waals surface area contributed by atoms with Gasteiger partial charge in [0.05, 0.1) is 29.4 Å². The van der Waals surface area contributed by atoms with Gasteiger partial charge in [-0.15, -0.1) is 23.5 Å². The zero-order valence-corrected chi connectivity index (χ0v) is 33.2. The van der Waals surface area contributed by atoms with Gasteiger partial charge in [0.15, 0.2) is 28.6 Å². The molecule has 0 spiro atoms. The van der Waals surface area contributed by atoms with Crippen molar-refractivity contribution in [3.05, 3.63) is 174 Å². The van der Waals surface area contributed by atoms with Crippen molar-refractivity contribution in [3.63, 3.8) is 0 Å². The highest BCUT2D eigenvalue weighted by atomic mass is 32.2. The van der Waals surface area contributed by atoms with Gasteiger partial charge in [-0.25, -0.2) is 19.2 Å². The van der Waals surface area contributed by atoms with Crippen molar-refractivity contribution in [2.24, 2.45) is 0 Å². The van der Waals surface area contributed by atoms with Gasteiger partial charge in [-0.1, -0.05) is 93.4 Å². The molecule has 0 aliphatic heterocycles. The van der Waals surface area contributed by atoms with Crippen LogP contribution in [0.4, 0.5) is 4.39 Å². The predicted octanol–water partition coefficient (Wildman–Crippen LogP) is 10.6. The van der Waals surface area contributed by atoms with E-state index in [1.807, 2.05) is 79.2 Å². The fourth-order valence-corrected chi connectivity index (χ4v) is 6.31. The lowest BCUT2D eigenvalue weighted by atomic mass is 10.2. The lowest BCUT2D eigenvalue weighted by Gasteiger charge is -2.16. The molecule has 0 aliphatic carbocycles. The van der Waals surface area contributed by atoms with E-state index in [9.17, 15) is 14.0 Å². The summed E-state index contributed by atoms with van der Waals surface area (Å²) < 4.78 is 40.6. The molecule has 0 fully saturated rings. The van der Waals surface area contributed by atoms with Gasteiger partial charge in [0.1, 0.15) is 36.2 Å². The van der Waals surface area contributed by atoms with Gasteiger partial charge in [0.2, 0.25) is 0 Å². The number of amides is 1. The Morgan fingerprint density at radius 1 is 0.793 bits per heavy atom. The number of benzene rings is 3. The molecule has 3 aromatic heterocycles. The number of methoxy groups -OCH3 is 1. The van der Waals surface area contributed by atoms with Gasteiger partial charge in [-0.3, -0.25) is 4.79 Å². The van der Waals surface area contributed by atoms with Crippen molar-refractivity contribution in [1.82, 2.24) is 15.3 Å². The summed E-state index contributed by atoms with van der Waals surface area (Å²) in [4.78, 5) is 35.7. The average molecular weight is 822 g/mol. The number of carbonyl (C=O) groups is 2. The highest BCUT2D eigenvalue weighted by Crippen LogP contribution is 2.36. The molecule has 3 aromatic carbocycles. The van der Waals surface area contributed by atoms with E-state index < -0.39 is 5.97 Å². The molecule has 6 aromatic rings. The second kappa shape index (κ2) is 22.4. The minimum atomic E-state index is -0.591. The maximum Gasteiger partial charge on any atom is 0.360 e. The Kier molecular flexibility index (Phi) is 17.2. The fourth-order valence-electron chi connectivity index (χ4n) is 5.17. The van der Waals surface area contributed by atoms with E-state index in [-0.39, 0.29) is 42.8 Å². The maximum absolute atomic E-state index is 13.2. The molecule has 58 heavy (non-hydrogen) atoms. The van der Waals surface area contributed by atoms with Crippen LogP contribution < -0.4 is 14.8 Å². The van der Waals surface area contributed by atoms with Gasteiger partial charge in [0.25, 0.3) is 5.91 Å². The second-order valence-electron chi connectivity index (χ2n) is 11.8. The quantitative estimate of drug-likeness (QED) is 0.0570. The Balaban J connectivity index is 0.000000260. The van der Waals surface area contributed by atoms with Crippen LogP contribution >= 0.6 is 23.5 Å². The number of nitrogens with zero attached hydrogens (tertiary/aromatic N) is 2. The highest BCUT2D eigenvalue weighted by molar-refractivity contribution is 7.99. The van der Waals surface area contributed by atoms with Crippen LogP contribution in [0.25, 0.3) is 17.2 Å². The molecule has 0 aliphatic rings. The minimum Gasteiger partial charge on any atom is -0.485 e. The monoisotopic (exact) mass is 821 g/mol. The number of esters is 1. The number of furan rings is 1. The summed E-state index contributed by atoms with van der Waals surface area (Å²) in [5, 5.41) is 2.85. The summed E-state index contributed by atoms with van der Waals surface area (Å²) in [7, 11) is 1.30. The van der Waals surface area contributed by atoms with E-state index in [0.717, 1.165) is 26.5 Å². The molecular formula is C45H44FN3O7S2. The van der Waals surface area contributed by atoms with Crippen LogP contribution in [-0.2, 0) is 29.2 Å². The van der Waals surface area contributed by atoms with Crippen LogP contribution in [-0.4, -0.2) is 41.5 Å². The molecule has 1 N–H and O–H groups in total. The first kappa shape index (κ1) is 44.4. The SMILES string of the molecule is C.C=COC(=C)c1cc(SC)c(OCc2ccccc2)c(C(=O)OC)n1.CSc1cc(-c2ccco2)nc(C(=O)NCc2ccc(F)cc2)c1OCc1ccccc1. The summed E-state index contributed by atoms with van der Waals surface area (Å²) in [6, 6.07) is 32.5. The number of rotatable bonds is 16. The Morgan fingerprint density at radius 2 is 1.38 bits per heavy atom. The molecule has 0 unspecified atom stereocenters. The average Bonchev–Trinajstić information content (AvgIpc) is 3.80. The first-order chi connectivity index (χ1) is 27.7. The van der Waals surface area contributed by atoms with Crippen molar-refractivity contribution >= 4 is 41.2 Å². The van der Waals surface area contributed by atoms with E-state index in [4.69, 9.17) is 23.4 Å². The summed E-state index contributed by atoms with van der Waals surface area (Å²) in [5.41, 5.74) is 3.94. The summed E-state index contributed by atoms with van der Waals surface area (Å²) in [6.07, 6.45) is 6.60. The van der Waals surface area contributed by atoms with E-state index in [1.165, 1.54) is 49.0 Å². The van der Waals surface area contributed by atoms with Crippen molar-refractivity contribution in [3.8, 4) is 23.0 Å². The van der Waals surface area contributed by atoms with Crippen molar-refractivity contribution < 1.29 is 37.3 Å². The minimum absolute atomic E-state index is 0. The van der Waals surface area contributed by atoms with Crippen LogP contribution in [0.3, 0.4) is 0 Å². The van der Waals surface area contributed by atoms with Crippen LogP contribution in [0.2, 0.25) is 0 Å². The van der Waals surface area contributed by atoms with E-state index in [2.05, 4.69) is 28.4 Å². The number of ether oxygens (including phenoxy) is 4. The molecule has 10 nitrogen and oxygen atoms in total. The molecule has 0 radical (unpaired) electrons. The lowest BCUT2D eigenvalue weighted by Crippen LogP contribution is -2.25. The highest BCUT2D eigenvalue weighted by Gasteiger charge is 2.23. The Bertz CT molecular complexity index is 2270. The Hall–Kier alpha value is -6.31. The molecule has 0 bridgehead atoms. The van der Waals surface area contributed by atoms with Gasteiger partial charge in [-0.05, 0) is 65.6 Å². The molecule has 13 heteroatoms. The number of hydrogen-bond donors (Lipinski definition) is 1. The fraction of sp³-hybridized carbons (Fsp3) is 0.156. The predicted molar refractivity (Wildman–Crippen MR) is 227 cm³/mol. The smallest absolute Gasteiger partial charge is 0.360 e. The number of halogens is 1. The summed E-state index contributed by atoms with van der Waals surface area (Å²) in [5.74, 6) is 0.320. The number of hydrogen-bond acceptors (Lipinski definition) is 11. The molecule has 0 saturated heterocycles. The van der Waals surface area contributed by atoms with Crippen molar-refractivity contribution in [1.29, 1.82) is 0 Å². The molecule has 300 valence electrons. The molecule has 0 atom stereocenters. The van der Waals surface area contributed by atoms with Crippen molar-refractivity contribution in [2.75, 3.05) is 19.6 Å². The van der Waals surface area contributed by atoms with Gasteiger partial charge in [0, 0.05) is 6.54 Å². The van der Waals surface area contributed by atoms with Crippen molar-refractivity contribution in [2.45, 2.75) is 37.0 Å². The third-order valence-electron chi connectivity index (χ3n) is 8.01. The van der Waals surface area contributed by atoms with Gasteiger partial charge >= 0.3 is 5.97 Å². The van der Waals surface area contributed by atoms with Crippen LogP contribution in [0.15, 0.2) is 149 Å². The Labute approximate surface area is 346 Å². The number of thioether (sulfide) groups is 2. The van der Waals surface area contributed by atoms with Crippen LogP contribution in [0, 0.1) is 5.82 Å². The normalized spacial score (nSPS) is 10.2. The standard InChI is InChI=1S/C25H21FN2O3S.C19H19NO4S.CH4/c1-32-22-14-20(21-8-5-13-30-21)28-23(24(22)31-16-18-6-3-2-4-7-18)25(29)27-15-17-9-11-19(26)12-10-17;1-5-23-13(2)15-11-16(25-4)18(17(20-15)19(21)22-3)24-12-14-9-7-6-8-10-14;/h2-14H,15-16H2,1H3,(H,27,29);5-11H,1-2,12H2,3-4H3;1H4. The lowest BCUT2D eigenvalue weighted by molar-refractivity contribution is 0.0587.